The van der Waals surface area contributed by atoms with Gasteiger partial charge >= 0.3 is 23.9 Å². The molecule has 18 nitrogen and oxygen atoms in total. The highest BCUT2D eigenvalue weighted by molar-refractivity contribution is 5.76. The molecule has 7 rings (SSSR count). The second kappa shape index (κ2) is 22.3. The molecule has 2 saturated carbocycles. The second-order valence-electron chi connectivity index (χ2n) is 17.0. The molecule has 0 aliphatic heterocycles. The number of benzene rings is 1. The lowest BCUT2D eigenvalue weighted by atomic mass is 9.87. The number of carbonyl (C=O) groups excluding carboxylic acids is 2. The highest BCUT2D eigenvalue weighted by atomic mass is 16.5. The Balaban J connectivity index is 0.000000216. The molecule has 1 aromatic carbocycles. The van der Waals surface area contributed by atoms with E-state index >= 15 is 0 Å². The number of hydrogen-bond donors (Lipinski definition) is 2. The smallest absolute Gasteiger partial charge is 0.312 e. The molecule has 65 heavy (non-hydrogen) atoms. The lowest BCUT2D eigenvalue weighted by molar-refractivity contribution is -0.148. The van der Waals surface area contributed by atoms with Gasteiger partial charge in [0.05, 0.1) is 78.2 Å². The quantitative estimate of drug-likeness (QED) is 0.0982. The molecule has 2 aliphatic carbocycles. The Morgan fingerprint density at radius 1 is 0.723 bits per heavy atom. The molecule has 5 aromatic rings. The van der Waals surface area contributed by atoms with Gasteiger partial charge in [-0.2, -0.15) is 0 Å². The molecule has 2 aliphatic rings. The number of carboxylic acids is 2. The Morgan fingerprint density at radius 3 is 1.85 bits per heavy atom. The van der Waals surface area contributed by atoms with Crippen molar-refractivity contribution in [2.24, 2.45) is 31.8 Å². The second-order valence-corrected chi connectivity index (χ2v) is 17.0. The molecule has 346 valence electrons. The number of ether oxygens (including phenoxy) is 4. The summed E-state index contributed by atoms with van der Waals surface area (Å²) in [6, 6.07) is 16.7. The van der Waals surface area contributed by atoms with E-state index in [1.807, 2.05) is 64.1 Å². The fraction of sp³-hybridized carbons (Fsp3) is 0.489. The van der Waals surface area contributed by atoms with Crippen molar-refractivity contribution >= 4 is 23.9 Å². The van der Waals surface area contributed by atoms with Gasteiger partial charge in [-0.05, 0) is 101 Å². The monoisotopic (exact) mass is 894 g/mol. The van der Waals surface area contributed by atoms with E-state index in [-0.39, 0.29) is 60.8 Å². The highest BCUT2D eigenvalue weighted by Gasteiger charge is 2.30. The van der Waals surface area contributed by atoms with Gasteiger partial charge < -0.3 is 29.2 Å². The summed E-state index contributed by atoms with van der Waals surface area (Å²) in [6.07, 6.45) is 6.71. The Morgan fingerprint density at radius 2 is 1.29 bits per heavy atom. The van der Waals surface area contributed by atoms with Crippen molar-refractivity contribution in [1.82, 2.24) is 40.0 Å². The number of nitrogens with zero attached hydrogens (tertiary/aromatic N) is 8. The summed E-state index contributed by atoms with van der Waals surface area (Å²) >= 11 is 0. The lowest BCUT2D eigenvalue weighted by Gasteiger charge is -2.27. The first kappa shape index (κ1) is 47.8. The van der Waals surface area contributed by atoms with Crippen molar-refractivity contribution in [3.05, 3.63) is 83.4 Å². The molecule has 0 unspecified atom stereocenters. The summed E-state index contributed by atoms with van der Waals surface area (Å²) in [6.45, 7) is 8.00. The van der Waals surface area contributed by atoms with Crippen LogP contribution in [-0.2, 0) is 55.6 Å². The van der Waals surface area contributed by atoms with Crippen molar-refractivity contribution in [1.29, 1.82) is 0 Å². The number of aliphatic carboxylic acids is 2. The fourth-order valence-corrected chi connectivity index (χ4v) is 7.88. The number of carbonyl (C=O) groups is 4. The van der Waals surface area contributed by atoms with Crippen molar-refractivity contribution in [3.63, 3.8) is 0 Å². The zero-order valence-corrected chi connectivity index (χ0v) is 37.8. The van der Waals surface area contributed by atoms with Crippen molar-refractivity contribution in [2.75, 3.05) is 6.61 Å². The summed E-state index contributed by atoms with van der Waals surface area (Å²) in [5, 5.41) is 35.0. The summed E-state index contributed by atoms with van der Waals surface area (Å²) in [5.41, 5.74) is 5.01. The standard InChI is InChI=1S/C25H28N4O5.C22H30N4O5/c1-16(17-7-4-3-5-8-17)33-23(30)14-22-24(27-28-29(22)2)21-12-11-20(15-26-21)34-19-10-6-9-18(13-19)25(31)32;1-13(2)12-30-20(27)11-18-21(24-25-26(18)4)17-8-9-19(14(3)23-17)31-16-7-5-6-15(10-16)22(28)29/h3-5,7-8,11-12,15-16,18-19H,6,9-10,13-14H2,1-2H3,(H,31,32);8-9,13,15-16H,5-7,10-12H2,1-4H3,(H,28,29)/t16-,18+,19+;15-,16-/m10/s1. The molecule has 2 fully saturated rings. The van der Waals surface area contributed by atoms with Crippen LogP contribution in [-0.4, -0.2) is 92.9 Å². The molecule has 0 saturated heterocycles. The predicted octanol–water partition coefficient (Wildman–Crippen LogP) is 6.70. The number of aryl methyl sites for hydroxylation is 3. The van der Waals surface area contributed by atoms with Crippen LogP contribution in [0.2, 0.25) is 0 Å². The van der Waals surface area contributed by atoms with Gasteiger partial charge in [-0.15, -0.1) is 10.2 Å². The maximum Gasteiger partial charge on any atom is 0.312 e. The average molecular weight is 895 g/mol. The van der Waals surface area contributed by atoms with Gasteiger partial charge in [-0.1, -0.05) is 54.6 Å². The maximum atomic E-state index is 12.6. The fourth-order valence-electron chi connectivity index (χ4n) is 7.88. The van der Waals surface area contributed by atoms with Crippen molar-refractivity contribution < 1.29 is 48.3 Å². The van der Waals surface area contributed by atoms with Gasteiger partial charge in [-0.3, -0.25) is 33.5 Å². The summed E-state index contributed by atoms with van der Waals surface area (Å²) < 4.78 is 26.0. The molecule has 0 radical (unpaired) electrons. The Bertz CT molecular complexity index is 2400. The number of esters is 2. The van der Waals surface area contributed by atoms with E-state index in [4.69, 9.17) is 18.9 Å². The summed E-state index contributed by atoms with van der Waals surface area (Å²) in [7, 11) is 3.45. The van der Waals surface area contributed by atoms with Crippen LogP contribution in [0, 0.1) is 24.7 Å². The zero-order valence-electron chi connectivity index (χ0n) is 37.8. The first-order valence-corrected chi connectivity index (χ1v) is 22.1. The SMILES string of the molecule is C[C@@H](OC(=O)Cc1c(-c2ccc(O[C@H]3CCC[C@H](C(=O)O)C3)cn2)nnn1C)c1ccccc1.Cc1nc(-c2nnn(C)c2CC(=O)OCC(C)C)ccc1O[C@H]1CCC[C@H](C(=O)O)C1. The molecule has 4 heterocycles. The zero-order chi connectivity index (χ0) is 46.6. The lowest BCUT2D eigenvalue weighted by Crippen LogP contribution is -2.29. The molecule has 2 N–H and O–H groups in total. The Kier molecular flexibility index (Phi) is 16.4. The first-order valence-electron chi connectivity index (χ1n) is 22.1. The molecule has 18 heteroatoms. The first-order chi connectivity index (χ1) is 31.1. The van der Waals surface area contributed by atoms with E-state index in [0.29, 0.717) is 83.6 Å². The van der Waals surface area contributed by atoms with Crippen molar-refractivity contribution in [2.45, 2.75) is 110 Å². The van der Waals surface area contributed by atoms with Gasteiger partial charge in [-0.25, -0.2) is 4.98 Å². The van der Waals surface area contributed by atoms with E-state index in [1.54, 1.807) is 47.9 Å². The van der Waals surface area contributed by atoms with E-state index in [1.165, 1.54) is 0 Å². The van der Waals surface area contributed by atoms with Gasteiger partial charge in [0.25, 0.3) is 0 Å². The van der Waals surface area contributed by atoms with Crippen molar-refractivity contribution in [3.8, 4) is 34.3 Å². The molecule has 4 aromatic heterocycles. The van der Waals surface area contributed by atoms with Crippen LogP contribution in [0.5, 0.6) is 11.5 Å². The van der Waals surface area contributed by atoms with Gasteiger partial charge in [0.2, 0.25) is 0 Å². The van der Waals surface area contributed by atoms with E-state index < -0.39 is 11.9 Å². The molecule has 0 amide bonds. The highest BCUT2D eigenvalue weighted by Crippen LogP contribution is 2.32. The maximum absolute atomic E-state index is 12.6. The molecule has 0 bridgehead atoms. The van der Waals surface area contributed by atoms with E-state index in [0.717, 1.165) is 31.2 Å². The van der Waals surface area contributed by atoms with Gasteiger partial charge in [0, 0.05) is 14.1 Å². The molecular weight excluding hydrogens is 837 g/mol. The number of hydrogen-bond acceptors (Lipinski definition) is 14. The van der Waals surface area contributed by atoms with Gasteiger partial charge in [0.15, 0.2) is 0 Å². The topological polar surface area (TPSA) is 233 Å². The van der Waals surface area contributed by atoms with Crippen LogP contribution < -0.4 is 9.47 Å². The summed E-state index contributed by atoms with van der Waals surface area (Å²) in [4.78, 5) is 56.4. The minimum Gasteiger partial charge on any atom is -0.489 e. The van der Waals surface area contributed by atoms with Crippen LogP contribution in [0.25, 0.3) is 22.8 Å². The molecular formula is C47H58N8O10. The predicted molar refractivity (Wildman–Crippen MR) is 235 cm³/mol. The normalized spacial score (nSPS) is 18.8. The number of pyridine rings is 2. The van der Waals surface area contributed by atoms with Crippen LogP contribution in [0.3, 0.4) is 0 Å². The molecule has 5 atom stereocenters. The number of aromatic nitrogens is 8. The minimum atomic E-state index is -0.770. The minimum absolute atomic E-state index is 0.00852. The third-order valence-electron chi connectivity index (χ3n) is 11.5. The summed E-state index contributed by atoms with van der Waals surface area (Å²) in [5.74, 6) is -1.51. The van der Waals surface area contributed by atoms with E-state index in [2.05, 4.69) is 30.6 Å². The van der Waals surface area contributed by atoms with Gasteiger partial charge in [0.1, 0.15) is 29.0 Å². The van der Waals surface area contributed by atoms with Crippen LogP contribution in [0.4, 0.5) is 0 Å². The van der Waals surface area contributed by atoms with Crippen LogP contribution >= 0.6 is 0 Å². The third kappa shape index (κ3) is 13.2. The number of rotatable bonds is 16. The average Bonchev–Trinajstić information content (AvgIpc) is 3.84. The Hall–Kier alpha value is -6.72. The molecule has 0 spiro atoms. The van der Waals surface area contributed by atoms with E-state index in [9.17, 15) is 29.4 Å². The largest absolute Gasteiger partial charge is 0.489 e. The van der Waals surface area contributed by atoms with Crippen LogP contribution in [0.1, 0.15) is 101 Å². The van der Waals surface area contributed by atoms with Crippen LogP contribution in [0.15, 0.2) is 60.8 Å². The third-order valence-corrected chi connectivity index (χ3v) is 11.5. The number of carboxylic acid groups (broad SMARTS) is 2. The Labute approximate surface area is 377 Å².